The lowest BCUT2D eigenvalue weighted by atomic mass is 10.0. The van der Waals surface area contributed by atoms with E-state index in [1.54, 1.807) is 0 Å². The maximum atomic E-state index is 14.2. The Hall–Kier alpha value is -1.55. The van der Waals surface area contributed by atoms with Gasteiger partial charge in [-0.15, -0.1) is 0 Å². The predicted octanol–water partition coefficient (Wildman–Crippen LogP) is 3.87. The van der Waals surface area contributed by atoms with E-state index < -0.39 is 26.6 Å². The number of anilines is 1. The van der Waals surface area contributed by atoms with Gasteiger partial charge in [-0.05, 0) is 40.9 Å². The molecule has 0 unspecified atom stereocenters. The molecule has 0 amide bonds. The third-order valence-corrected chi connectivity index (χ3v) is 8.08. The van der Waals surface area contributed by atoms with Crippen molar-refractivity contribution < 1.29 is 21.9 Å². The number of sulfonamides is 1. The molecule has 150 valence electrons. The van der Waals surface area contributed by atoms with Crippen molar-refractivity contribution in [2.45, 2.75) is 30.4 Å². The summed E-state index contributed by atoms with van der Waals surface area (Å²) in [5.74, 6) is -1.92. The van der Waals surface area contributed by atoms with E-state index in [9.17, 15) is 17.2 Å². The molecule has 0 atom stereocenters. The normalized spacial score (nSPS) is 18.9. The molecule has 5 nitrogen and oxygen atoms in total. The van der Waals surface area contributed by atoms with E-state index in [-0.39, 0.29) is 23.6 Å². The van der Waals surface area contributed by atoms with Crippen molar-refractivity contribution in [1.82, 2.24) is 4.31 Å². The van der Waals surface area contributed by atoms with Crippen LogP contribution in [0.15, 0.2) is 45.8 Å². The fraction of sp³-hybridized carbons (Fsp3) is 0.368. The average molecular weight is 473 g/mol. The Bertz CT molecular complexity index is 971. The Labute approximate surface area is 171 Å². The molecule has 2 aromatic rings. The first kappa shape index (κ1) is 19.8. The SMILES string of the molecule is O=S(=O)(c1c(F)cc(F)cc1Br)N1CCC(N2COCc3ccccc32)CC1. The van der Waals surface area contributed by atoms with Crippen molar-refractivity contribution >= 4 is 31.6 Å². The number of hydrogen-bond donors (Lipinski definition) is 0. The summed E-state index contributed by atoms with van der Waals surface area (Å²) in [6.07, 6.45) is 1.19. The minimum Gasteiger partial charge on any atom is -0.356 e. The van der Waals surface area contributed by atoms with E-state index in [2.05, 4.69) is 20.8 Å². The monoisotopic (exact) mass is 472 g/mol. The van der Waals surface area contributed by atoms with Crippen molar-refractivity contribution in [1.29, 1.82) is 0 Å². The fourth-order valence-corrected chi connectivity index (χ4v) is 6.42. The molecule has 0 N–H and O–H groups in total. The molecular formula is C19H19BrF2N2O3S. The summed E-state index contributed by atoms with van der Waals surface area (Å²) in [6, 6.07) is 9.70. The zero-order valence-electron chi connectivity index (χ0n) is 14.9. The standard InChI is InChI=1S/C19H19BrF2N2O3S/c20-16-9-14(21)10-17(22)19(16)28(25,26)23-7-5-15(6-8-23)24-12-27-11-13-3-1-2-4-18(13)24/h1-4,9-10,15H,5-8,11-12H2. The molecule has 0 aliphatic carbocycles. The number of hydrogen-bond acceptors (Lipinski definition) is 4. The molecule has 4 rings (SSSR count). The molecule has 0 saturated carbocycles. The van der Waals surface area contributed by atoms with Gasteiger partial charge in [0.05, 0.1) is 6.61 Å². The second kappa shape index (κ2) is 7.70. The van der Waals surface area contributed by atoms with Crippen LogP contribution in [0.3, 0.4) is 0 Å². The lowest BCUT2D eigenvalue weighted by molar-refractivity contribution is 0.0987. The summed E-state index contributed by atoms with van der Waals surface area (Å²) in [7, 11) is -4.06. The van der Waals surface area contributed by atoms with Crippen LogP contribution < -0.4 is 4.90 Å². The molecule has 2 heterocycles. The predicted molar refractivity (Wildman–Crippen MR) is 104 cm³/mol. The Morgan fingerprint density at radius 2 is 1.82 bits per heavy atom. The number of fused-ring (bicyclic) bond motifs is 1. The number of benzene rings is 2. The van der Waals surface area contributed by atoms with Gasteiger partial charge >= 0.3 is 0 Å². The Balaban J connectivity index is 1.52. The van der Waals surface area contributed by atoms with Crippen LogP contribution in [0.5, 0.6) is 0 Å². The second-order valence-electron chi connectivity index (χ2n) is 6.91. The molecular weight excluding hydrogens is 454 g/mol. The third-order valence-electron chi connectivity index (χ3n) is 5.21. The molecule has 0 spiro atoms. The van der Waals surface area contributed by atoms with Crippen LogP contribution in [0.25, 0.3) is 0 Å². The van der Waals surface area contributed by atoms with Crippen LogP contribution in [0.4, 0.5) is 14.5 Å². The number of para-hydroxylation sites is 1. The smallest absolute Gasteiger partial charge is 0.247 e. The molecule has 28 heavy (non-hydrogen) atoms. The van der Waals surface area contributed by atoms with Crippen LogP contribution in [0.1, 0.15) is 18.4 Å². The van der Waals surface area contributed by atoms with E-state index in [0.717, 1.165) is 17.3 Å². The maximum Gasteiger partial charge on any atom is 0.247 e. The van der Waals surface area contributed by atoms with Crippen molar-refractivity contribution in [3.63, 3.8) is 0 Å². The van der Waals surface area contributed by atoms with E-state index >= 15 is 0 Å². The highest BCUT2D eigenvalue weighted by atomic mass is 79.9. The topological polar surface area (TPSA) is 49.9 Å². The van der Waals surface area contributed by atoms with Crippen molar-refractivity contribution in [3.8, 4) is 0 Å². The lowest BCUT2D eigenvalue weighted by Crippen LogP contribution is -2.48. The molecule has 9 heteroatoms. The number of halogens is 3. The quantitative estimate of drug-likeness (QED) is 0.680. The summed E-state index contributed by atoms with van der Waals surface area (Å²) in [6.45, 7) is 1.55. The van der Waals surface area contributed by atoms with Gasteiger partial charge in [0.1, 0.15) is 23.3 Å². The summed E-state index contributed by atoms with van der Waals surface area (Å²) in [5.41, 5.74) is 2.23. The van der Waals surface area contributed by atoms with Gasteiger partial charge in [0.25, 0.3) is 0 Å². The summed E-state index contributed by atoms with van der Waals surface area (Å²) in [5, 5.41) is 0. The zero-order chi connectivity index (χ0) is 19.9. The highest BCUT2D eigenvalue weighted by molar-refractivity contribution is 9.10. The Morgan fingerprint density at radius 1 is 1.11 bits per heavy atom. The van der Waals surface area contributed by atoms with Gasteiger partial charge in [-0.2, -0.15) is 4.31 Å². The number of nitrogens with zero attached hydrogens (tertiary/aromatic N) is 2. The maximum absolute atomic E-state index is 14.2. The molecule has 2 aliphatic heterocycles. The van der Waals surface area contributed by atoms with Gasteiger partial charge in [-0.1, -0.05) is 18.2 Å². The van der Waals surface area contributed by atoms with Crippen LogP contribution in [-0.4, -0.2) is 38.6 Å². The molecule has 0 radical (unpaired) electrons. The Morgan fingerprint density at radius 3 is 2.54 bits per heavy atom. The average Bonchev–Trinajstić information content (AvgIpc) is 2.66. The molecule has 2 aromatic carbocycles. The molecule has 0 aromatic heterocycles. The highest BCUT2D eigenvalue weighted by Crippen LogP contribution is 2.34. The first-order valence-electron chi connectivity index (χ1n) is 8.95. The summed E-state index contributed by atoms with van der Waals surface area (Å²) >= 11 is 2.98. The van der Waals surface area contributed by atoms with Crippen molar-refractivity contribution in [2.24, 2.45) is 0 Å². The van der Waals surface area contributed by atoms with E-state index in [1.165, 1.54) is 4.31 Å². The highest BCUT2D eigenvalue weighted by Gasteiger charge is 2.35. The van der Waals surface area contributed by atoms with E-state index in [0.29, 0.717) is 32.2 Å². The van der Waals surface area contributed by atoms with E-state index in [1.807, 2.05) is 24.3 Å². The Kier molecular flexibility index (Phi) is 5.43. The lowest BCUT2D eigenvalue weighted by Gasteiger charge is -2.41. The molecule has 0 bridgehead atoms. The molecule has 1 fully saturated rings. The van der Waals surface area contributed by atoms with Gasteiger partial charge < -0.3 is 9.64 Å². The van der Waals surface area contributed by atoms with Crippen LogP contribution in [-0.2, 0) is 21.4 Å². The number of rotatable bonds is 3. The minimum absolute atomic E-state index is 0.106. The van der Waals surface area contributed by atoms with Gasteiger partial charge in [-0.3, -0.25) is 0 Å². The number of piperidine rings is 1. The first-order chi connectivity index (χ1) is 13.4. The van der Waals surface area contributed by atoms with Gasteiger partial charge in [0, 0.05) is 40.9 Å². The second-order valence-corrected chi connectivity index (χ2v) is 9.64. The zero-order valence-corrected chi connectivity index (χ0v) is 17.3. The van der Waals surface area contributed by atoms with Gasteiger partial charge in [0.2, 0.25) is 10.0 Å². The first-order valence-corrected chi connectivity index (χ1v) is 11.2. The van der Waals surface area contributed by atoms with Crippen molar-refractivity contribution in [2.75, 3.05) is 24.7 Å². The number of ether oxygens (including phenoxy) is 1. The molecule has 1 saturated heterocycles. The summed E-state index contributed by atoms with van der Waals surface area (Å²) in [4.78, 5) is 1.65. The van der Waals surface area contributed by atoms with Gasteiger partial charge in [-0.25, -0.2) is 17.2 Å². The molecule has 2 aliphatic rings. The van der Waals surface area contributed by atoms with Crippen LogP contribution in [0.2, 0.25) is 0 Å². The van der Waals surface area contributed by atoms with Gasteiger partial charge in [0.15, 0.2) is 0 Å². The van der Waals surface area contributed by atoms with Crippen LogP contribution >= 0.6 is 15.9 Å². The minimum atomic E-state index is -4.06. The van der Waals surface area contributed by atoms with E-state index in [4.69, 9.17) is 4.74 Å². The largest absolute Gasteiger partial charge is 0.356 e. The van der Waals surface area contributed by atoms with Crippen molar-refractivity contribution in [3.05, 3.63) is 58.1 Å². The van der Waals surface area contributed by atoms with Crippen LogP contribution in [0, 0.1) is 11.6 Å². The third kappa shape index (κ3) is 3.56. The summed E-state index contributed by atoms with van der Waals surface area (Å²) < 4.78 is 60.2. The fourth-order valence-electron chi connectivity index (χ4n) is 3.84.